The average Bonchev–Trinajstić information content (AvgIpc) is 2.86. The Morgan fingerprint density at radius 2 is 2.24 bits per heavy atom. The average molecular weight is 311 g/mol. The number of nitrogens with one attached hydrogen (secondary N) is 1. The van der Waals surface area contributed by atoms with Gasteiger partial charge in [-0.15, -0.1) is 11.3 Å². The molecule has 2 atom stereocenters. The summed E-state index contributed by atoms with van der Waals surface area (Å²) in [5.74, 6) is 0.746. The van der Waals surface area contributed by atoms with Crippen LogP contribution in [0.3, 0.4) is 0 Å². The molecule has 120 valence electrons. The van der Waals surface area contributed by atoms with Gasteiger partial charge in [-0.05, 0) is 38.6 Å². The van der Waals surface area contributed by atoms with Crippen LogP contribution < -0.4 is 10.2 Å². The molecule has 0 radical (unpaired) electrons. The van der Waals surface area contributed by atoms with Crippen molar-refractivity contribution in [3.05, 3.63) is 10.6 Å². The van der Waals surface area contributed by atoms with Crippen molar-refractivity contribution < 1.29 is 4.74 Å². The summed E-state index contributed by atoms with van der Waals surface area (Å²) in [5.41, 5.74) is 1.10. The number of nitrogens with zero attached hydrogens (tertiary/aromatic N) is 2. The van der Waals surface area contributed by atoms with E-state index in [1.165, 1.54) is 22.9 Å². The van der Waals surface area contributed by atoms with Crippen molar-refractivity contribution in [1.29, 1.82) is 0 Å². The summed E-state index contributed by atoms with van der Waals surface area (Å²) in [6.45, 7) is 10.6. The van der Waals surface area contributed by atoms with Crippen LogP contribution in [-0.4, -0.2) is 31.2 Å². The zero-order valence-corrected chi connectivity index (χ0v) is 14.6. The summed E-state index contributed by atoms with van der Waals surface area (Å²) in [6, 6.07) is 0.580. The third-order valence-electron chi connectivity index (χ3n) is 4.38. The first-order valence-corrected chi connectivity index (χ1v) is 8.93. The molecule has 1 fully saturated rings. The highest BCUT2D eigenvalue weighted by atomic mass is 32.1. The summed E-state index contributed by atoms with van der Waals surface area (Å²) < 4.78 is 5.32. The predicted molar refractivity (Wildman–Crippen MR) is 90.0 cm³/mol. The van der Waals surface area contributed by atoms with Gasteiger partial charge >= 0.3 is 0 Å². The lowest BCUT2D eigenvalue weighted by molar-refractivity contribution is 0.181. The van der Waals surface area contributed by atoms with Crippen LogP contribution in [0.2, 0.25) is 0 Å². The van der Waals surface area contributed by atoms with Crippen molar-refractivity contribution >= 4 is 16.5 Å². The Balaban J connectivity index is 2.13. The lowest BCUT2D eigenvalue weighted by atomic mass is 9.93. The van der Waals surface area contributed by atoms with E-state index in [4.69, 9.17) is 9.72 Å². The number of aromatic nitrogens is 1. The van der Waals surface area contributed by atoms with Crippen molar-refractivity contribution in [2.45, 2.75) is 59.2 Å². The Morgan fingerprint density at radius 3 is 2.95 bits per heavy atom. The lowest BCUT2D eigenvalue weighted by Crippen LogP contribution is -2.42. The summed E-state index contributed by atoms with van der Waals surface area (Å²) in [6.07, 6.45) is 3.76. The number of rotatable bonds is 7. The summed E-state index contributed by atoms with van der Waals surface area (Å²) >= 11 is 1.83. The molecule has 0 amide bonds. The number of anilines is 1. The largest absolute Gasteiger partial charge is 0.378 e. The second-order valence-electron chi connectivity index (χ2n) is 6.03. The van der Waals surface area contributed by atoms with Crippen LogP contribution in [-0.2, 0) is 17.9 Å². The van der Waals surface area contributed by atoms with Crippen molar-refractivity contribution in [3.8, 4) is 0 Å². The molecular weight excluding hydrogens is 282 g/mol. The number of methoxy groups -OCH3 is 1. The third kappa shape index (κ3) is 4.18. The maximum atomic E-state index is 5.32. The van der Waals surface area contributed by atoms with Gasteiger partial charge in [0.25, 0.3) is 0 Å². The minimum absolute atomic E-state index is 0.580. The van der Waals surface area contributed by atoms with Gasteiger partial charge in [0.05, 0.1) is 12.3 Å². The van der Waals surface area contributed by atoms with E-state index in [0.29, 0.717) is 12.6 Å². The lowest BCUT2D eigenvalue weighted by Gasteiger charge is -2.37. The second-order valence-corrected chi connectivity index (χ2v) is 7.09. The number of thiazole rings is 1. The van der Waals surface area contributed by atoms with Crippen LogP contribution in [0.4, 0.5) is 5.13 Å². The van der Waals surface area contributed by atoms with Crippen LogP contribution in [0.25, 0.3) is 0 Å². The number of hydrogen-bond acceptors (Lipinski definition) is 5. The Bertz CT molecular complexity index is 435. The Labute approximate surface area is 132 Å². The smallest absolute Gasteiger partial charge is 0.186 e. The van der Waals surface area contributed by atoms with Gasteiger partial charge in [0.2, 0.25) is 0 Å². The molecule has 0 aromatic carbocycles. The Morgan fingerprint density at radius 1 is 1.43 bits per heavy atom. The highest BCUT2D eigenvalue weighted by Crippen LogP contribution is 2.33. The van der Waals surface area contributed by atoms with E-state index < -0.39 is 0 Å². The quantitative estimate of drug-likeness (QED) is 0.783. The van der Waals surface area contributed by atoms with Gasteiger partial charge in [0.1, 0.15) is 0 Å². The number of ether oxygens (including phenoxy) is 1. The monoisotopic (exact) mass is 311 g/mol. The number of piperidine rings is 1. The van der Waals surface area contributed by atoms with E-state index in [1.54, 1.807) is 7.11 Å². The van der Waals surface area contributed by atoms with Crippen molar-refractivity contribution in [3.63, 3.8) is 0 Å². The fourth-order valence-electron chi connectivity index (χ4n) is 2.86. The zero-order valence-electron chi connectivity index (χ0n) is 13.8. The molecule has 1 N–H and O–H groups in total. The summed E-state index contributed by atoms with van der Waals surface area (Å²) in [7, 11) is 1.74. The molecule has 2 rings (SSSR count). The molecule has 2 unspecified atom stereocenters. The minimum atomic E-state index is 0.580. The third-order valence-corrected chi connectivity index (χ3v) is 5.51. The van der Waals surface area contributed by atoms with Gasteiger partial charge < -0.3 is 15.0 Å². The molecule has 21 heavy (non-hydrogen) atoms. The Hall–Kier alpha value is -0.650. The highest BCUT2D eigenvalue weighted by Gasteiger charge is 2.27. The Kier molecular flexibility index (Phi) is 6.45. The van der Waals surface area contributed by atoms with Crippen LogP contribution in [0.1, 0.15) is 50.6 Å². The molecule has 4 nitrogen and oxygen atoms in total. The van der Waals surface area contributed by atoms with E-state index in [9.17, 15) is 0 Å². The molecule has 1 aliphatic rings. The normalized spacial score (nSPS) is 22.8. The standard InChI is InChI=1S/C16H29N3OS/c1-5-8-17-10-15-14(11-20-4)18-16(21-15)19-9-6-7-12(2)13(19)3/h12-13,17H,5-11H2,1-4H3. The molecule has 0 aliphatic carbocycles. The fraction of sp³-hybridized carbons (Fsp3) is 0.812. The van der Waals surface area contributed by atoms with E-state index >= 15 is 0 Å². The molecule has 2 heterocycles. The predicted octanol–water partition coefficient (Wildman–Crippen LogP) is 3.41. The number of hydrogen-bond donors (Lipinski definition) is 1. The molecule has 0 spiro atoms. The van der Waals surface area contributed by atoms with Crippen molar-refractivity contribution in [1.82, 2.24) is 10.3 Å². The van der Waals surface area contributed by atoms with E-state index in [0.717, 1.165) is 37.7 Å². The summed E-state index contributed by atoms with van der Waals surface area (Å²) in [5, 5.41) is 4.66. The van der Waals surface area contributed by atoms with Gasteiger partial charge in [0.15, 0.2) is 5.13 Å². The minimum Gasteiger partial charge on any atom is -0.378 e. The molecular formula is C16H29N3OS. The zero-order chi connectivity index (χ0) is 15.2. The first kappa shape index (κ1) is 16.7. The molecule has 1 aromatic rings. The van der Waals surface area contributed by atoms with E-state index in [2.05, 4.69) is 31.0 Å². The van der Waals surface area contributed by atoms with Gasteiger partial charge in [-0.25, -0.2) is 4.98 Å². The highest BCUT2D eigenvalue weighted by molar-refractivity contribution is 7.15. The molecule has 5 heteroatoms. The maximum Gasteiger partial charge on any atom is 0.186 e. The molecule has 1 saturated heterocycles. The maximum absolute atomic E-state index is 5.32. The molecule has 1 aliphatic heterocycles. The van der Waals surface area contributed by atoms with Crippen LogP contribution in [0.15, 0.2) is 0 Å². The first-order valence-electron chi connectivity index (χ1n) is 8.12. The fourth-order valence-corrected chi connectivity index (χ4v) is 4.01. The molecule has 0 saturated carbocycles. The van der Waals surface area contributed by atoms with Crippen LogP contribution >= 0.6 is 11.3 Å². The van der Waals surface area contributed by atoms with E-state index in [-0.39, 0.29) is 0 Å². The van der Waals surface area contributed by atoms with Crippen molar-refractivity contribution in [2.75, 3.05) is 25.1 Å². The molecule has 0 bridgehead atoms. The topological polar surface area (TPSA) is 37.4 Å². The molecule has 1 aromatic heterocycles. The van der Waals surface area contributed by atoms with Crippen LogP contribution in [0.5, 0.6) is 0 Å². The van der Waals surface area contributed by atoms with Gasteiger partial charge in [-0.2, -0.15) is 0 Å². The second kappa shape index (κ2) is 8.11. The summed E-state index contributed by atoms with van der Waals surface area (Å²) in [4.78, 5) is 8.68. The first-order chi connectivity index (χ1) is 10.2. The van der Waals surface area contributed by atoms with Crippen LogP contribution in [0, 0.1) is 5.92 Å². The van der Waals surface area contributed by atoms with E-state index in [1.807, 2.05) is 11.3 Å². The SMILES string of the molecule is CCCNCc1sc(N2CCCC(C)C2C)nc1COC. The van der Waals surface area contributed by atoms with Gasteiger partial charge in [0, 0.05) is 31.1 Å². The van der Waals surface area contributed by atoms with Crippen molar-refractivity contribution in [2.24, 2.45) is 5.92 Å². The van der Waals surface area contributed by atoms with Gasteiger partial charge in [-0.1, -0.05) is 13.8 Å². The van der Waals surface area contributed by atoms with Gasteiger partial charge in [-0.3, -0.25) is 0 Å².